The molecular formula is C23H26N4S. The fourth-order valence-corrected chi connectivity index (χ4v) is 4.37. The quantitative estimate of drug-likeness (QED) is 0.650. The maximum Gasteiger partial charge on any atom is 0.174 e. The molecule has 1 aromatic carbocycles. The van der Waals surface area contributed by atoms with Gasteiger partial charge in [-0.2, -0.15) is 0 Å². The summed E-state index contributed by atoms with van der Waals surface area (Å²) in [5, 5.41) is 4.28. The third-order valence-electron chi connectivity index (χ3n) is 5.85. The normalized spacial score (nSPS) is 19.1. The number of rotatable bonds is 4. The van der Waals surface area contributed by atoms with E-state index in [1.165, 1.54) is 22.5 Å². The smallest absolute Gasteiger partial charge is 0.174 e. The van der Waals surface area contributed by atoms with Gasteiger partial charge in [0.25, 0.3) is 0 Å². The van der Waals surface area contributed by atoms with Crippen LogP contribution in [0.5, 0.6) is 0 Å². The van der Waals surface area contributed by atoms with Gasteiger partial charge >= 0.3 is 0 Å². The molecule has 3 aromatic rings. The topological polar surface area (TPSA) is 33.1 Å². The molecule has 144 valence electrons. The summed E-state index contributed by atoms with van der Waals surface area (Å²) < 4.78 is 2.24. The van der Waals surface area contributed by atoms with Gasteiger partial charge < -0.3 is 14.8 Å². The van der Waals surface area contributed by atoms with Crippen molar-refractivity contribution in [3.05, 3.63) is 82.9 Å². The first kappa shape index (κ1) is 18.7. The number of hydrogen-bond donors (Lipinski definition) is 1. The Morgan fingerprint density at radius 1 is 1.11 bits per heavy atom. The van der Waals surface area contributed by atoms with Crippen LogP contribution in [0.2, 0.25) is 0 Å². The lowest BCUT2D eigenvalue weighted by Crippen LogP contribution is -2.29. The molecule has 28 heavy (non-hydrogen) atoms. The minimum atomic E-state index is 0.0000478. The highest BCUT2D eigenvalue weighted by Gasteiger charge is 2.42. The van der Waals surface area contributed by atoms with Crippen molar-refractivity contribution in [1.29, 1.82) is 0 Å². The van der Waals surface area contributed by atoms with Gasteiger partial charge in [0.15, 0.2) is 5.11 Å². The maximum absolute atomic E-state index is 5.80. The van der Waals surface area contributed by atoms with Gasteiger partial charge in [-0.15, -0.1) is 0 Å². The molecule has 0 amide bonds. The molecule has 3 heterocycles. The Balaban J connectivity index is 1.85. The third-order valence-corrected chi connectivity index (χ3v) is 6.17. The number of nitrogens with zero attached hydrogens (tertiary/aromatic N) is 3. The number of aryl methyl sites for hydroxylation is 2. The van der Waals surface area contributed by atoms with Gasteiger partial charge in [-0.1, -0.05) is 25.1 Å². The minimum absolute atomic E-state index is 0.0000478. The second-order valence-electron chi connectivity index (χ2n) is 7.40. The monoisotopic (exact) mass is 390 g/mol. The van der Waals surface area contributed by atoms with E-state index in [2.05, 4.69) is 84.0 Å². The molecule has 1 fully saturated rings. The highest BCUT2D eigenvalue weighted by atomic mass is 32.1. The van der Waals surface area contributed by atoms with E-state index in [1.807, 2.05) is 18.3 Å². The van der Waals surface area contributed by atoms with Crippen LogP contribution in [0.3, 0.4) is 0 Å². The predicted octanol–water partition coefficient (Wildman–Crippen LogP) is 4.78. The molecule has 1 N–H and O–H groups in total. The molecule has 1 saturated heterocycles. The van der Waals surface area contributed by atoms with Crippen LogP contribution in [0.25, 0.3) is 0 Å². The third kappa shape index (κ3) is 3.10. The van der Waals surface area contributed by atoms with Gasteiger partial charge in [0.05, 0.1) is 17.8 Å². The van der Waals surface area contributed by atoms with Crippen LogP contribution in [0.15, 0.2) is 54.7 Å². The van der Waals surface area contributed by atoms with E-state index in [0.29, 0.717) is 0 Å². The summed E-state index contributed by atoms with van der Waals surface area (Å²) in [5.41, 5.74) is 7.22. The highest BCUT2D eigenvalue weighted by Crippen LogP contribution is 2.43. The Morgan fingerprint density at radius 3 is 2.43 bits per heavy atom. The number of pyridine rings is 1. The van der Waals surface area contributed by atoms with Crippen molar-refractivity contribution in [2.45, 2.75) is 39.3 Å². The zero-order valence-electron chi connectivity index (χ0n) is 16.8. The highest BCUT2D eigenvalue weighted by molar-refractivity contribution is 7.80. The number of nitrogens with one attached hydrogen (secondary N) is 1. The molecular weight excluding hydrogens is 364 g/mol. The Morgan fingerprint density at radius 2 is 1.86 bits per heavy atom. The SMILES string of the molecule is CCc1ccc(N2C(=S)N[C@H](c3ccccn3)[C@H]2c2cc(C)n(C)c2C)cc1. The first-order valence-electron chi connectivity index (χ1n) is 9.73. The Kier molecular flexibility index (Phi) is 4.94. The standard InChI is InChI=1S/C23H26N4S/c1-5-17-9-11-18(12-10-17)27-22(19-14-15(2)26(4)16(19)3)21(25-23(27)28)20-8-6-7-13-24-20/h6-14,21-22H,5H2,1-4H3,(H,25,28)/t21-,22-/m1/s1. The van der Waals surface area contributed by atoms with Crippen molar-refractivity contribution in [3.63, 3.8) is 0 Å². The van der Waals surface area contributed by atoms with E-state index < -0.39 is 0 Å². The zero-order valence-corrected chi connectivity index (χ0v) is 17.6. The van der Waals surface area contributed by atoms with Gasteiger partial charge in [0, 0.05) is 30.3 Å². The van der Waals surface area contributed by atoms with Gasteiger partial charge in [0.2, 0.25) is 0 Å². The van der Waals surface area contributed by atoms with Gasteiger partial charge in [-0.25, -0.2) is 0 Å². The summed E-state index contributed by atoms with van der Waals surface area (Å²) in [5.74, 6) is 0. The number of benzene rings is 1. The molecule has 2 aromatic heterocycles. The van der Waals surface area contributed by atoms with E-state index in [4.69, 9.17) is 12.2 Å². The van der Waals surface area contributed by atoms with Crippen LogP contribution in [-0.2, 0) is 13.5 Å². The Hall–Kier alpha value is -2.66. The zero-order chi connectivity index (χ0) is 19.8. The summed E-state index contributed by atoms with van der Waals surface area (Å²) in [4.78, 5) is 6.88. The van der Waals surface area contributed by atoms with Crippen molar-refractivity contribution in [3.8, 4) is 0 Å². The van der Waals surface area contributed by atoms with E-state index >= 15 is 0 Å². The van der Waals surface area contributed by atoms with Crippen LogP contribution in [0.4, 0.5) is 5.69 Å². The first-order valence-corrected chi connectivity index (χ1v) is 10.1. The summed E-state index contributed by atoms with van der Waals surface area (Å²) in [7, 11) is 2.12. The minimum Gasteiger partial charge on any atom is -0.352 e. The lowest BCUT2D eigenvalue weighted by Gasteiger charge is -2.28. The molecule has 4 rings (SSSR count). The van der Waals surface area contributed by atoms with E-state index in [9.17, 15) is 0 Å². The second kappa shape index (κ2) is 7.40. The maximum atomic E-state index is 5.80. The molecule has 4 nitrogen and oxygen atoms in total. The van der Waals surface area contributed by atoms with Gasteiger partial charge in [-0.3, -0.25) is 4.98 Å². The molecule has 0 spiro atoms. The Bertz CT molecular complexity index is 991. The van der Waals surface area contributed by atoms with Gasteiger partial charge in [0.1, 0.15) is 0 Å². The summed E-state index contributed by atoms with van der Waals surface area (Å²) in [6.45, 7) is 6.50. The molecule has 0 unspecified atom stereocenters. The van der Waals surface area contributed by atoms with Crippen molar-refractivity contribution < 1.29 is 0 Å². The fourth-order valence-electron chi connectivity index (χ4n) is 4.03. The van der Waals surface area contributed by atoms with Crippen LogP contribution in [0.1, 0.15) is 47.2 Å². The fraction of sp³-hybridized carbons (Fsp3) is 0.304. The second-order valence-corrected chi connectivity index (χ2v) is 7.79. The van der Waals surface area contributed by atoms with Crippen LogP contribution in [-0.4, -0.2) is 14.7 Å². The van der Waals surface area contributed by atoms with E-state index in [1.54, 1.807) is 0 Å². The van der Waals surface area contributed by atoms with Crippen LogP contribution >= 0.6 is 12.2 Å². The lowest BCUT2D eigenvalue weighted by molar-refractivity contribution is 0.564. The summed E-state index contributed by atoms with van der Waals surface area (Å²) in [6.07, 6.45) is 2.87. The van der Waals surface area contributed by atoms with Crippen LogP contribution < -0.4 is 10.2 Å². The molecule has 2 atom stereocenters. The summed E-state index contributed by atoms with van der Waals surface area (Å²) >= 11 is 5.80. The molecule has 5 heteroatoms. The molecule has 0 aliphatic carbocycles. The van der Waals surface area contributed by atoms with Crippen molar-refractivity contribution in [1.82, 2.24) is 14.9 Å². The van der Waals surface area contributed by atoms with Crippen molar-refractivity contribution >= 4 is 23.0 Å². The molecule has 0 saturated carbocycles. The lowest BCUT2D eigenvalue weighted by atomic mass is 9.96. The molecule has 1 aliphatic heterocycles. The van der Waals surface area contributed by atoms with Crippen molar-refractivity contribution in [2.75, 3.05) is 4.90 Å². The largest absolute Gasteiger partial charge is 0.352 e. The number of thiocarbonyl (C=S) groups is 1. The number of hydrogen-bond acceptors (Lipinski definition) is 2. The van der Waals surface area contributed by atoms with Crippen LogP contribution in [0, 0.1) is 13.8 Å². The van der Waals surface area contributed by atoms with Gasteiger partial charge in [-0.05, 0) is 73.9 Å². The average Bonchev–Trinajstić information content (AvgIpc) is 3.20. The van der Waals surface area contributed by atoms with E-state index in [0.717, 1.165) is 22.9 Å². The van der Waals surface area contributed by atoms with E-state index in [-0.39, 0.29) is 12.1 Å². The molecule has 1 aliphatic rings. The average molecular weight is 391 g/mol. The summed E-state index contributed by atoms with van der Waals surface area (Å²) in [6, 6.07) is 17.1. The molecule has 0 radical (unpaired) electrons. The number of aromatic nitrogens is 2. The van der Waals surface area contributed by atoms with Crippen molar-refractivity contribution in [2.24, 2.45) is 7.05 Å². The first-order chi connectivity index (χ1) is 13.5. The Labute approximate surface area is 172 Å². The molecule has 0 bridgehead atoms. The number of anilines is 1. The predicted molar refractivity (Wildman–Crippen MR) is 119 cm³/mol.